The standard InChI is InChI=1S/C23H30F3N3O3/c1-21(2,3)16-8-11-22(12-9-16)19(31)29(20(32)28-22)14-18(30)27-13-10-15-4-6-17(7-5-15)23(24,25)26/h4-7,16H,8-14H2,1-3H3,(H,27,30)(H,28,32). The molecule has 2 fully saturated rings. The van der Waals surface area contributed by atoms with Crippen molar-refractivity contribution in [2.75, 3.05) is 13.1 Å². The zero-order chi connectivity index (χ0) is 23.7. The van der Waals surface area contributed by atoms with Gasteiger partial charge in [-0.2, -0.15) is 13.2 Å². The first-order valence-electron chi connectivity index (χ1n) is 10.9. The van der Waals surface area contributed by atoms with Crippen LogP contribution < -0.4 is 10.6 Å². The van der Waals surface area contributed by atoms with Gasteiger partial charge in [0.05, 0.1) is 5.56 Å². The molecule has 1 saturated heterocycles. The van der Waals surface area contributed by atoms with E-state index in [2.05, 4.69) is 31.4 Å². The molecular weight excluding hydrogens is 423 g/mol. The number of nitrogens with zero attached hydrogens (tertiary/aromatic N) is 1. The number of imide groups is 1. The summed E-state index contributed by atoms with van der Waals surface area (Å²) < 4.78 is 37.8. The van der Waals surface area contributed by atoms with Gasteiger partial charge in [0.25, 0.3) is 5.91 Å². The second kappa shape index (κ2) is 8.75. The minimum Gasteiger partial charge on any atom is -0.354 e. The Balaban J connectivity index is 1.49. The highest BCUT2D eigenvalue weighted by molar-refractivity contribution is 6.09. The molecule has 1 saturated carbocycles. The van der Waals surface area contributed by atoms with Crippen molar-refractivity contribution < 1.29 is 27.6 Å². The number of hydrogen-bond donors (Lipinski definition) is 2. The molecule has 0 bridgehead atoms. The van der Waals surface area contributed by atoms with E-state index in [1.165, 1.54) is 12.1 Å². The minimum absolute atomic E-state index is 0.139. The lowest BCUT2D eigenvalue weighted by molar-refractivity contribution is -0.137. The maximum Gasteiger partial charge on any atom is 0.416 e. The number of hydrogen-bond acceptors (Lipinski definition) is 3. The highest BCUT2D eigenvalue weighted by Gasteiger charge is 2.53. The fourth-order valence-corrected chi connectivity index (χ4v) is 4.54. The maximum absolute atomic E-state index is 13.0. The van der Waals surface area contributed by atoms with E-state index in [0.29, 0.717) is 30.7 Å². The van der Waals surface area contributed by atoms with Crippen molar-refractivity contribution >= 4 is 17.8 Å². The predicted molar refractivity (Wildman–Crippen MR) is 113 cm³/mol. The molecule has 9 heteroatoms. The average Bonchev–Trinajstić information content (AvgIpc) is 2.91. The molecule has 2 N–H and O–H groups in total. The Morgan fingerprint density at radius 1 is 1.12 bits per heavy atom. The molecule has 6 nitrogen and oxygen atoms in total. The van der Waals surface area contributed by atoms with Crippen molar-refractivity contribution in [2.45, 2.75) is 64.6 Å². The van der Waals surface area contributed by atoms with Crippen LogP contribution in [0.3, 0.4) is 0 Å². The van der Waals surface area contributed by atoms with Crippen molar-refractivity contribution in [1.29, 1.82) is 0 Å². The first-order chi connectivity index (χ1) is 14.8. The predicted octanol–water partition coefficient (Wildman–Crippen LogP) is 3.89. The first kappa shape index (κ1) is 24.1. The number of nitrogens with one attached hydrogen (secondary N) is 2. The fraction of sp³-hybridized carbons (Fsp3) is 0.609. The molecule has 1 spiro atoms. The van der Waals surface area contributed by atoms with Crippen LogP contribution in [0, 0.1) is 11.3 Å². The second-order valence-electron chi connectivity index (χ2n) is 9.84. The molecule has 0 aromatic heterocycles. The van der Waals surface area contributed by atoms with Gasteiger partial charge in [0.1, 0.15) is 12.1 Å². The van der Waals surface area contributed by atoms with Crippen LogP contribution in [0.1, 0.15) is 57.6 Å². The summed E-state index contributed by atoms with van der Waals surface area (Å²) in [5.74, 6) is -0.367. The van der Waals surface area contributed by atoms with Gasteiger partial charge in [-0.25, -0.2) is 4.79 Å². The van der Waals surface area contributed by atoms with Crippen LogP contribution in [0.15, 0.2) is 24.3 Å². The number of halogens is 3. The summed E-state index contributed by atoms with van der Waals surface area (Å²) in [4.78, 5) is 38.6. The van der Waals surface area contributed by atoms with E-state index in [1.54, 1.807) is 0 Å². The molecule has 1 aromatic carbocycles. The number of carbonyl (C=O) groups is 3. The van der Waals surface area contributed by atoms with Gasteiger partial charge >= 0.3 is 12.2 Å². The van der Waals surface area contributed by atoms with Crippen LogP contribution in [0.2, 0.25) is 0 Å². The zero-order valence-electron chi connectivity index (χ0n) is 18.6. The summed E-state index contributed by atoms with van der Waals surface area (Å²) in [5.41, 5.74) is -0.864. The number of benzene rings is 1. The molecule has 1 aliphatic carbocycles. The molecule has 0 unspecified atom stereocenters. The van der Waals surface area contributed by atoms with Gasteiger partial charge < -0.3 is 10.6 Å². The summed E-state index contributed by atoms with van der Waals surface area (Å²) >= 11 is 0. The van der Waals surface area contributed by atoms with E-state index in [4.69, 9.17) is 0 Å². The van der Waals surface area contributed by atoms with Crippen molar-refractivity contribution in [2.24, 2.45) is 11.3 Å². The molecule has 3 rings (SSSR count). The number of alkyl halides is 3. The molecule has 0 atom stereocenters. The molecule has 0 radical (unpaired) electrons. The second-order valence-corrected chi connectivity index (χ2v) is 9.84. The van der Waals surface area contributed by atoms with E-state index in [-0.39, 0.29) is 24.4 Å². The maximum atomic E-state index is 13.0. The van der Waals surface area contributed by atoms with Crippen molar-refractivity contribution in [3.63, 3.8) is 0 Å². The molecule has 32 heavy (non-hydrogen) atoms. The number of urea groups is 1. The van der Waals surface area contributed by atoms with Gasteiger partial charge in [0.2, 0.25) is 5.91 Å². The van der Waals surface area contributed by atoms with Crippen LogP contribution in [-0.2, 0) is 22.2 Å². The first-order valence-corrected chi connectivity index (χ1v) is 10.9. The van der Waals surface area contributed by atoms with E-state index >= 15 is 0 Å². The average molecular weight is 454 g/mol. The third-order valence-electron chi connectivity index (χ3n) is 6.63. The quantitative estimate of drug-likeness (QED) is 0.664. The summed E-state index contributed by atoms with van der Waals surface area (Å²) in [5, 5.41) is 5.44. The Bertz CT molecular complexity index is 867. The Kier molecular flexibility index (Phi) is 6.58. The highest BCUT2D eigenvalue weighted by Crippen LogP contribution is 2.43. The Morgan fingerprint density at radius 2 is 1.72 bits per heavy atom. The van der Waals surface area contributed by atoms with Gasteiger partial charge in [-0.15, -0.1) is 0 Å². The van der Waals surface area contributed by atoms with Gasteiger partial charge in [0.15, 0.2) is 0 Å². The number of rotatable bonds is 5. The lowest BCUT2D eigenvalue weighted by Crippen LogP contribution is -2.51. The normalized spacial score (nSPS) is 24.1. The zero-order valence-corrected chi connectivity index (χ0v) is 18.6. The summed E-state index contributed by atoms with van der Waals surface area (Å²) in [6.45, 7) is 6.33. The monoisotopic (exact) mass is 453 g/mol. The number of carbonyl (C=O) groups excluding carboxylic acids is 3. The van der Waals surface area contributed by atoms with Gasteiger partial charge in [-0.05, 0) is 61.1 Å². The molecule has 176 valence electrons. The smallest absolute Gasteiger partial charge is 0.354 e. The van der Waals surface area contributed by atoms with Crippen LogP contribution in [0.25, 0.3) is 0 Å². The van der Waals surface area contributed by atoms with Crippen molar-refractivity contribution in [1.82, 2.24) is 15.5 Å². The largest absolute Gasteiger partial charge is 0.416 e. The van der Waals surface area contributed by atoms with E-state index in [1.807, 2.05) is 0 Å². The molecular formula is C23H30F3N3O3. The van der Waals surface area contributed by atoms with Crippen LogP contribution in [-0.4, -0.2) is 41.4 Å². The van der Waals surface area contributed by atoms with Crippen LogP contribution in [0.4, 0.5) is 18.0 Å². The Hall–Kier alpha value is -2.58. The fourth-order valence-electron chi connectivity index (χ4n) is 4.54. The highest BCUT2D eigenvalue weighted by atomic mass is 19.4. The topological polar surface area (TPSA) is 78.5 Å². The lowest BCUT2D eigenvalue weighted by Gasteiger charge is -2.40. The third-order valence-corrected chi connectivity index (χ3v) is 6.63. The summed E-state index contributed by atoms with van der Waals surface area (Å²) in [6, 6.07) is 4.17. The molecule has 1 aliphatic heterocycles. The van der Waals surface area contributed by atoms with E-state index < -0.39 is 29.2 Å². The van der Waals surface area contributed by atoms with Crippen LogP contribution >= 0.6 is 0 Å². The minimum atomic E-state index is -4.39. The molecule has 1 heterocycles. The van der Waals surface area contributed by atoms with Gasteiger partial charge in [0, 0.05) is 6.54 Å². The van der Waals surface area contributed by atoms with Gasteiger partial charge in [-0.3, -0.25) is 14.5 Å². The SMILES string of the molecule is CC(C)(C)C1CCC2(CC1)NC(=O)N(CC(=O)NCCc1ccc(C(F)(F)F)cc1)C2=O. The third kappa shape index (κ3) is 5.24. The number of amides is 4. The Morgan fingerprint density at radius 3 is 2.25 bits per heavy atom. The van der Waals surface area contributed by atoms with Crippen molar-refractivity contribution in [3.8, 4) is 0 Å². The van der Waals surface area contributed by atoms with E-state index in [9.17, 15) is 27.6 Å². The lowest BCUT2D eigenvalue weighted by atomic mass is 9.67. The molecule has 2 aliphatic rings. The molecule has 1 aromatic rings. The Labute approximate surface area is 185 Å². The van der Waals surface area contributed by atoms with Crippen molar-refractivity contribution in [3.05, 3.63) is 35.4 Å². The van der Waals surface area contributed by atoms with E-state index in [0.717, 1.165) is 29.9 Å². The van der Waals surface area contributed by atoms with Crippen LogP contribution in [0.5, 0.6) is 0 Å². The summed E-state index contributed by atoms with van der Waals surface area (Å²) in [6.07, 6.45) is -1.26. The molecule has 4 amide bonds. The summed E-state index contributed by atoms with van der Waals surface area (Å²) in [7, 11) is 0. The van der Waals surface area contributed by atoms with Gasteiger partial charge in [-0.1, -0.05) is 32.9 Å².